The van der Waals surface area contributed by atoms with Crippen molar-refractivity contribution in [3.05, 3.63) is 15.6 Å². The molecule has 0 aliphatic heterocycles. The number of nitrogens with zero attached hydrogens (tertiary/aromatic N) is 2. The summed E-state index contributed by atoms with van der Waals surface area (Å²) >= 11 is 1.80. The molecule has 0 saturated heterocycles. The van der Waals surface area contributed by atoms with Crippen LogP contribution < -0.4 is 5.73 Å². The lowest BCUT2D eigenvalue weighted by Gasteiger charge is -2.33. The zero-order chi connectivity index (χ0) is 13.3. The minimum absolute atomic E-state index is 0.395. The van der Waals surface area contributed by atoms with Crippen LogP contribution in [0.4, 0.5) is 0 Å². The van der Waals surface area contributed by atoms with Crippen molar-refractivity contribution in [1.29, 1.82) is 0 Å². The van der Waals surface area contributed by atoms with Crippen LogP contribution in [0.1, 0.15) is 47.8 Å². The minimum atomic E-state index is 0.395. The van der Waals surface area contributed by atoms with E-state index < -0.39 is 0 Å². The Bertz CT molecular complexity index is 402. The van der Waals surface area contributed by atoms with Crippen LogP contribution in [0.3, 0.4) is 0 Å². The standard InChI is InChI=1S/C14H25N3S/c1-9(14-10(2)18-11(3)16-14)17(4)13-7-5-6-12(13)8-15/h9,12-13H,5-8,15H2,1-4H3. The number of hydrogen-bond donors (Lipinski definition) is 1. The molecule has 0 radical (unpaired) electrons. The Hall–Kier alpha value is -0.450. The number of aromatic nitrogens is 1. The molecule has 3 nitrogen and oxygen atoms in total. The fourth-order valence-electron chi connectivity index (χ4n) is 3.24. The topological polar surface area (TPSA) is 42.2 Å². The summed E-state index contributed by atoms with van der Waals surface area (Å²) in [6.45, 7) is 7.36. The third-order valence-corrected chi connectivity index (χ3v) is 5.29. The second-order valence-electron chi connectivity index (χ2n) is 5.51. The van der Waals surface area contributed by atoms with Crippen LogP contribution in [0.15, 0.2) is 0 Å². The van der Waals surface area contributed by atoms with Gasteiger partial charge in [-0.3, -0.25) is 4.90 Å². The van der Waals surface area contributed by atoms with Gasteiger partial charge in [0.25, 0.3) is 0 Å². The lowest BCUT2D eigenvalue weighted by Crippen LogP contribution is -2.39. The lowest BCUT2D eigenvalue weighted by molar-refractivity contribution is 0.149. The number of rotatable bonds is 4. The van der Waals surface area contributed by atoms with Gasteiger partial charge in [-0.25, -0.2) is 4.98 Å². The van der Waals surface area contributed by atoms with Gasteiger partial charge in [-0.1, -0.05) is 6.42 Å². The number of nitrogens with two attached hydrogens (primary N) is 1. The van der Waals surface area contributed by atoms with Crippen LogP contribution in [0.2, 0.25) is 0 Å². The molecule has 2 N–H and O–H groups in total. The van der Waals surface area contributed by atoms with Crippen molar-refractivity contribution >= 4 is 11.3 Å². The third-order valence-electron chi connectivity index (χ3n) is 4.39. The highest BCUT2D eigenvalue weighted by Crippen LogP contribution is 2.34. The van der Waals surface area contributed by atoms with Gasteiger partial charge in [0.05, 0.1) is 16.7 Å². The molecule has 3 atom stereocenters. The van der Waals surface area contributed by atoms with Gasteiger partial charge < -0.3 is 5.73 Å². The van der Waals surface area contributed by atoms with E-state index in [2.05, 4.69) is 32.7 Å². The van der Waals surface area contributed by atoms with Crippen LogP contribution in [0.5, 0.6) is 0 Å². The molecule has 1 aromatic rings. The van der Waals surface area contributed by atoms with E-state index in [1.54, 1.807) is 11.3 Å². The summed E-state index contributed by atoms with van der Waals surface area (Å²) in [7, 11) is 2.23. The van der Waals surface area contributed by atoms with E-state index in [4.69, 9.17) is 10.7 Å². The maximum absolute atomic E-state index is 5.89. The molecule has 1 heterocycles. The van der Waals surface area contributed by atoms with E-state index in [0.29, 0.717) is 18.0 Å². The first-order chi connectivity index (χ1) is 8.54. The Balaban J connectivity index is 2.13. The summed E-state index contributed by atoms with van der Waals surface area (Å²) in [5, 5.41) is 1.17. The van der Waals surface area contributed by atoms with E-state index in [1.807, 2.05) is 0 Å². The molecule has 1 fully saturated rings. The number of thiazole rings is 1. The van der Waals surface area contributed by atoms with Crippen molar-refractivity contribution in [3.8, 4) is 0 Å². The zero-order valence-corrected chi connectivity index (χ0v) is 12.8. The summed E-state index contributed by atoms with van der Waals surface area (Å²) in [5.74, 6) is 0.664. The van der Waals surface area contributed by atoms with Crippen molar-refractivity contribution in [1.82, 2.24) is 9.88 Å². The quantitative estimate of drug-likeness (QED) is 0.912. The maximum Gasteiger partial charge on any atom is 0.0900 e. The molecule has 2 rings (SSSR count). The predicted molar refractivity (Wildman–Crippen MR) is 77.9 cm³/mol. The monoisotopic (exact) mass is 267 g/mol. The number of hydrogen-bond acceptors (Lipinski definition) is 4. The Labute approximate surface area is 114 Å². The van der Waals surface area contributed by atoms with Crippen LogP contribution >= 0.6 is 11.3 Å². The first kappa shape index (κ1) is 14.0. The smallest absolute Gasteiger partial charge is 0.0900 e. The van der Waals surface area contributed by atoms with Gasteiger partial charge in [0.15, 0.2) is 0 Å². The number of aryl methyl sites for hydroxylation is 2. The molecule has 1 saturated carbocycles. The molecule has 18 heavy (non-hydrogen) atoms. The van der Waals surface area contributed by atoms with Crippen LogP contribution in [0.25, 0.3) is 0 Å². The Morgan fingerprint density at radius 3 is 2.72 bits per heavy atom. The van der Waals surface area contributed by atoms with Gasteiger partial charge in [-0.2, -0.15) is 0 Å². The van der Waals surface area contributed by atoms with Crippen molar-refractivity contribution < 1.29 is 0 Å². The van der Waals surface area contributed by atoms with Crippen molar-refractivity contribution in [2.24, 2.45) is 11.7 Å². The molecule has 3 unspecified atom stereocenters. The molecule has 1 aliphatic rings. The van der Waals surface area contributed by atoms with Gasteiger partial charge in [-0.15, -0.1) is 11.3 Å². The van der Waals surface area contributed by atoms with E-state index in [1.165, 1.54) is 34.8 Å². The van der Waals surface area contributed by atoms with Gasteiger partial charge in [0, 0.05) is 10.9 Å². The molecule has 1 aliphatic carbocycles. The predicted octanol–water partition coefficient (Wildman–Crippen LogP) is 2.88. The molecule has 0 spiro atoms. The molecule has 1 aromatic heterocycles. The SMILES string of the molecule is Cc1nc(C(C)N(C)C2CCCC2CN)c(C)s1. The van der Waals surface area contributed by atoms with E-state index >= 15 is 0 Å². The highest BCUT2D eigenvalue weighted by Gasteiger charge is 2.32. The second kappa shape index (κ2) is 5.68. The Morgan fingerprint density at radius 2 is 2.17 bits per heavy atom. The van der Waals surface area contributed by atoms with Crippen LogP contribution in [-0.4, -0.2) is 29.5 Å². The Morgan fingerprint density at radius 1 is 1.44 bits per heavy atom. The van der Waals surface area contributed by atoms with E-state index in [9.17, 15) is 0 Å². The van der Waals surface area contributed by atoms with Gasteiger partial charge in [0.2, 0.25) is 0 Å². The molecular formula is C14H25N3S. The first-order valence-corrected chi connectivity index (χ1v) is 7.72. The Kier molecular flexibility index (Phi) is 4.41. The van der Waals surface area contributed by atoms with Crippen molar-refractivity contribution in [3.63, 3.8) is 0 Å². The van der Waals surface area contributed by atoms with Gasteiger partial charge >= 0.3 is 0 Å². The largest absolute Gasteiger partial charge is 0.330 e. The summed E-state index contributed by atoms with van der Waals surface area (Å²) in [5.41, 5.74) is 7.15. The van der Waals surface area contributed by atoms with Crippen molar-refractivity contribution in [2.45, 2.75) is 52.1 Å². The first-order valence-electron chi connectivity index (χ1n) is 6.90. The molecule has 102 valence electrons. The fraction of sp³-hybridized carbons (Fsp3) is 0.786. The second-order valence-corrected chi connectivity index (χ2v) is 6.92. The van der Waals surface area contributed by atoms with Gasteiger partial charge in [-0.05, 0) is 53.1 Å². The zero-order valence-electron chi connectivity index (χ0n) is 11.9. The molecule has 4 heteroatoms. The highest BCUT2D eigenvalue weighted by atomic mass is 32.1. The third kappa shape index (κ3) is 2.60. The summed E-state index contributed by atoms with van der Waals surface area (Å²) in [6, 6.07) is 1.03. The molecule has 0 bridgehead atoms. The molecule has 0 aromatic carbocycles. The fourth-order valence-corrected chi connectivity index (χ4v) is 4.15. The van der Waals surface area contributed by atoms with Crippen LogP contribution in [-0.2, 0) is 0 Å². The molecule has 0 amide bonds. The molecular weight excluding hydrogens is 242 g/mol. The lowest BCUT2D eigenvalue weighted by atomic mass is 10.0. The normalized spacial score (nSPS) is 25.9. The summed E-state index contributed by atoms with van der Waals surface area (Å²) in [4.78, 5) is 8.55. The van der Waals surface area contributed by atoms with Crippen molar-refractivity contribution in [2.75, 3.05) is 13.6 Å². The summed E-state index contributed by atoms with van der Waals surface area (Å²) < 4.78 is 0. The van der Waals surface area contributed by atoms with E-state index in [-0.39, 0.29) is 0 Å². The average Bonchev–Trinajstić information content (AvgIpc) is 2.93. The van der Waals surface area contributed by atoms with E-state index in [0.717, 1.165) is 6.54 Å². The maximum atomic E-state index is 5.89. The van der Waals surface area contributed by atoms with Gasteiger partial charge in [0.1, 0.15) is 0 Å². The van der Waals surface area contributed by atoms with Crippen LogP contribution in [0, 0.1) is 19.8 Å². The summed E-state index contributed by atoms with van der Waals surface area (Å²) in [6.07, 6.45) is 3.89. The highest BCUT2D eigenvalue weighted by molar-refractivity contribution is 7.11. The minimum Gasteiger partial charge on any atom is -0.330 e. The average molecular weight is 267 g/mol.